The van der Waals surface area contributed by atoms with E-state index in [2.05, 4.69) is 50.1 Å². The van der Waals surface area contributed by atoms with Crippen LogP contribution in [0.1, 0.15) is 49.7 Å². The van der Waals surface area contributed by atoms with Crippen molar-refractivity contribution >= 4 is 6.09 Å². The lowest BCUT2D eigenvalue weighted by atomic mass is 9.84. The summed E-state index contributed by atoms with van der Waals surface area (Å²) in [4.78, 5) is 28.9. The molecule has 1 amide bonds. The molecule has 48 heteroatoms. The molecule has 6 saturated heterocycles. The van der Waals surface area contributed by atoms with Gasteiger partial charge in [-0.05, 0) is 77.3 Å². The topological polar surface area (TPSA) is 743 Å². The largest absolute Gasteiger partial charge is 0.445 e. The van der Waals surface area contributed by atoms with Gasteiger partial charge < -0.3 is 147 Å². The number of rotatable bonds is 30. The fourth-order valence-electron chi connectivity index (χ4n) is 14.4. The number of halogens is 2. The molecule has 2 aromatic rings. The van der Waals surface area contributed by atoms with E-state index >= 15 is 4.39 Å². The molecule has 6 aliphatic heterocycles. The van der Waals surface area contributed by atoms with Crippen molar-refractivity contribution < 1.29 is 126 Å². The van der Waals surface area contributed by atoms with Crippen LogP contribution in [-0.4, -0.2) is 322 Å². The highest BCUT2D eigenvalue weighted by Gasteiger charge is 2.58. The summed E-state index contributed by atoms with van der Waals surface area (Å²) in [5.74, 6) is 0. The molecule has 8 aliphatic rings. The van der Waals surface area contributed by atoms with Gasteiger partial charge in [0, 0.05) is 49.7 Å². The monoisotopic (exact) mass is 1580 g/mol. The first-order chi connectivity index (χ1) is 53.4. The van der Waals surface area contributed by atoms with Crippen molar-refractivity contribution in [2.45, 2.75) is 272 Å². The lowest BCUT2D eigenvalue weighted by Gasteiger charge is -2.46. The molecule has 36 atom stereocenters. The van der Waals surface area contributed by atoms with E-state index < -0.39 is 259 Å². The van der Waals surface area contributed by atoms with Gasteiger partial charge in [0.2, 0.25) is 0 Å². The molecule has 2 saturated carbocycles. The van der Waals surface area contributed by atoms with Gasteiger partial charge in [-0.3, -0.25) is 4.90 Å². The molecule has 111 heavy (non-hydrogen) atoms. The Labute approximate surface area is 630 Å². The first-order valence-electron chi connectivity index (χ1n) is 35.7. The summed E-state index contributed by atoms with van der Waals surface area (Å²) in [7, 11) is 0. The zero-order valence-electron chi connectivity index (χ0n) is 59.5. The van der Waals surface area contributed by atoms with Crippen LogP contribution in [-0.2, 0) is 74.7 Å². The van der Waals surface area contributed by atoms with Crippen molar-refractivity contribution in [1.29, 1.82) is 0 Å². The lowest BCUT2D eigenvalue weighted by Crippen LogP contribution is -2.65. The Morgan fingerprint density at radius 1 is 0.495 bits per heavy atom. The third kappa shape index (κ3) is 21.3. The summed E-state index contributed by atoms with van der Waals surface area (Å²) in [6.45, 7) is -4.34. The average molecular weight is 1580 g/mol. The molecule has 616 valence electrons. The second kappa shape index (κ2) is 41.9. The van der Waals surface area contributed by atoms with Crippen LogP contribution in [0.3, 0.4) is 0 Å². The second-order valence-corrected chi connectivity index (χ2v) is 27.7. The van der Waals surface area contributed by atoms with E-state index in [4.69, 9.17) is 102 Å². The first-order valence-corrected chi connectivity index (χ1v) is 35.7. The van der Waals surface area contributed by atoms with Gasteiger partial charge in [-0.1, -0.05) is 86.2 Å². The summed E-state index contributed by atoms with van der Waals surface area (Å²) < 4.78 is 106. The summed E-state index contributed by atoms with van der Waals surface area (Å²) in [5.41, 5.74) is 84.1. The van der Waals surface area contributed by atoms with Gasteiger partial charge in [0.25, 0.3) is 0 Å². The molecule has 2 aromatic carbocycles. The number of carbonyl (C=O) groups is 1. The minimum atomic E-state index is -1.93. The van der Waals surface area contributed by atoms with Crippen LogP contribution in [0.15, 0.2) is 86.2 Å². The van der Waals surface area contributed by atoms with Gasteiger partial charge in [0.15, 0.2) is 37.7 Å². The van der Waals surface area contributed by atoms with E-state index in [1.165, 1.54) is 4.90 Å². The maximum Gasteiger partial charge on any atom is 0.410 e. The number of azide groups is 5. The maximum absolute atomic E-state index is 15.5. The number of aliphatic hydroxyl groups excluding tert-OH is 10. The van der Waals surface area contributed by atoms with Crippen molar-refractivity contribution in [2.75, 3.05) is 39.7 Å². The fourth-order valence-corrected chi connectivity index (χ4v) is 14.4. The van der Waals surface area contributed by atoms with Crippen LogP contribution in [0, 0.1) is 0 Å². The smallest absolute Gasteiger partial charge is 0.410 e. The Hall–Kier alpha value is -7.00. The van der Waals surface area contributed by atoms with E-state index in [9.17, 15) is 82.4 Å². The van der Waals surface area contributed by atoms with Crippen LogP contribution in [0.4, 0.5) is 13.6 Å². The van der Waals surface area contributed by atoms with E-state index in [1.54, 1.807) is 60.7 Å². The number of aliphatic hydroxyl groups is 10. The Balaban J connectivity index is 0.000000287. The fraction of sp³-hybridized carbons (Fsp3) is 0.794. The summed E-state index contributed by atoms with van der Waals surface area (Å²) in [6.07, 6.45) is -37.8. The number of nitrogens with two attached hydrogens (primary N) is 6. The lowest BCUT2D eigenvalue weighted by molar-refractivity contribution is -0.292. The predicted octanol–water partition coefficient (Wildman–Crippen LogP) is -2.36. The minimum absolute atomic E-state index is 0.000359. The number of hydrogen-bond acceptors (Lipinski definition) is 35. The molecule has 0 aromatic heterocycles. The van der Waals surface area contributed by atoms with Crippen LogP contribution < -0.4 is 34.4 Å². The SMILES string of the molecule is NC[C@@H]1O[C@H](O[C@H]2[C@@H](O)[C@H](O[C@@H]3[C@@H](O)[C@H](N)C[C@H](N)[C@H]3O[C@H]3O[C@H]([C@H](N)CF)CC[C@H]3N)O[C@@H]2CO)[C@H](N)[C@@H](O)[C@@H]1O.[N-]=[N+]=NC[C@@H]1O[C@H](O[C@H]2[C@@H](O)[C@H](O[C@@H]3[C@@H](O)[C@H](N=[N+]=[N-])C[C@H](N=[N+]=[N-])[C@H]3O[C@H]3O[C@H]([C@@H](CF)N(Cc4ccccc4)C(=O)OCc4ccccc4)CC[C@H]3N=[N+]=[N-])O[C@@H]2CO)[C@H](N=[N+]=[N-])[C@@H](O)[C@@H]1O. The van der Waals surface area contributed by atoms with Crippen molar-refractivity contribution in [3.05, 3.63) is 124 Å². The third-order valence-electron chi connectivity index (χ3n) is 20.5. The van der Waals surface area contributed by atoms with E-state index in [0.29, 0.717) is 24.0 Å². The molecule has 6 heterocycles. The number of amides is 1. The minimum Gasteiger partial charge on any atom is -0.445 e. The summed E-state index contributed by atoms with van der Waals surface area (Å²) in [5, 5.41) is 126. The van der Waals surface area contributed by atoms with Crippen LogP contribution in [0.2, 0.25) is 0 Å². The Bertz CT molecular complexity index is 3500. The normalized spacial score (nSPS) is 40.7. The molecule has 0 radical (unpaired) electrons. The predicted molar refractivity (Wildman–Crippen MR) is 370 cm³/mol. The zero-order valence-corrected chi connectivity index (χ0v) is 59.5. The van der Waals surface area contributed by atoms with E-state index in [1.807, 2.05) is 0 Å². The Kier molecular flexibility index (Phi) is 33.2. The van der Waals surface area contributed by atoms with Crippen molar-refractivity contribution in [1.82, 2.24) is 4.90 Å². The molecule has 0 bridgehead atoms. The molecule has 46 nitrogen and oxygen atoms in total. The number of nitrogens with zero attached hydrogens (tertiary/aromatic N) is 16. The summed E-state index contributed by atoms with van der Waals surface area (Å²) in [6, 6.07) is 6.35. The molecule has 10 rings (SSSR count). The van der Waals surface area contributed by atoms with E-state index in [-0.39, 0.29) is 45.4 Å². The quantitative estimate of drug-likeness (QED) is 0.0221. The third-order valence-corrected chi connectivity index (χ3v) is 20.5. The first kappa shape index (κ1) is 88.0. The number of alkyl halides is 2. The highest BCUT2D eigenvalue weighted by Crippen LogP contribution is 2.40. The number of benzene rings is 2. The zero-order chi connectivity index (χ0) is 80.3. The van der Waals surface area contributed by atoms with Crippen molar-refractivity contribution in [3.63, 3.8) is 0 Å². The molecular formula is C63H96F2N22O24. The highest BCUT2D eigenvalue weighted by molar-refractivity contribution is 5.68. The number of carbonyl (C=O) groups excluding carboxylic acids is 1. The second-order valence-electron chi connectivity index (χ2n) is 27.7. The summed E-state index contributed by atoms with van der Waals surface area (Å²) >= 11 is 0. The van der Waals surface area contributed by atoms with E-state index in [0.717, 1.165) is 0 Å². The average Bonchev–Trinajstić information content (AvgIpc) is 1.74. The molecule has 0 unspecified atom stereocenters. The Morgan fingerprint density at radius 2 is 1.02 bits per heavy atom. The number of ether oxygens (including phenoxy) is 13. The molecule has 22 N–H and O–H groups in total. The van der Waals surface area contributed by atoms with Crippen LogP contribution in [0.25, 0.3) is 52.2 Å². The molecule has 8 fully saturated rings. The Morgan fingerprint density at radius 3 is 1.60 bits per heavy atom. The molecule has 2 aliphatic carbocycles. The van der Waals surface area contributed by atoms with Crippen LogP contribution >= 0.6 is 0 Å². The standard InChI is InChI=1S/C39H49FN16O13.C24H47FN6O11/c40-14-24(56(16-19-7-3-1-4-8-19)39(62)63-18-20-9-5-2-6-10-20)25-12-11-21(47-52-42)36(64-25)67-33-23(49-54-44)13-22(48-53-43)29(58)35(33)69-38-32(61)34(27(17-57)66-38)68-37-28(50-55-45)31(60)30(59)26(65-37)15-46-51-41;25-4-10(30)11-2-1-7(27)22(37-11)40-19-9(29)3-8(28)15(33)21(19)42-24-18(36)20(13(6-32)39-24)41-23-14(31)17(35)16(34)12(5-26)38-23/h1-10,21-38,57-61H,11-18H2;7-24,32-36H,1-6,26-31H2/t21-,22-,23+,24-,25+,26+,27-,28-,29+,30-,31-,32-,33-,34-,35-,36-,37-,38+;7-,8-,9+,10-,11+,12+,13-,14-,15+,16-,17-,18-,19-,20-,21-,22-,23-,24+/m11/s1. The number of hydrogen-bond donors (Lipinski definition) is 16. The van der Waals surface area contributed by atoms with Gasteiger partial charge in [0.05, 0.1) is 105 Å². The van der Waals surface area contributed by atoms with Crippen LogP contribution in [0.5, 0.6) is 0 Å². The van der Waals surface area contributed by atoms with Gasteiger partial charge in [-0.15, -0.1) is 0 Å². The van der Waals surface area contributed by atoms with Crippen molar-refractivity contribution in [3.8, 4) is 0 Å². The van der Waals surface area contributed by atoms with Crippen molar-refractivity contribution in [2.24, 2.45) is 60.0 Å². The van der Waals surface area contributed by atoms with Gasteiger partial charge in [-0.2, -0.15) is 0 Å². The maximum atomic E-state index is 15.5. The highest BCUT2D eigenvalue weighted by atomic mass is 19.1. The molecule has 0 spiro atoms. The molecular weight excluding hydrogens is 1490 g/mol. The van der Waals surface area contributed by atoms with Gasteiger partial charge in [-0.25, -0.2) is 13.6 Å². The van der Waals surface area contributed by atoms with Gasteiger partial charge in [0.1, 0.15) is 105 Å². The van der Waals surface area contributed by atoms with Gasteiger partial charge >= 0.3 is 6.09 Å².